The van der Waals surface area contributed by atoms with Crippen LogP contribution in [0.2, 0.25) is 0 Å². The molecule has 40 heavy (non-hydrogen) atoms. The molecule has 12 heteroatoms. The number of carbonyl (C=O) groups is 1. The molecule has 1 aliphatic rings. The number of amides is 1. The van der Waals surface area contributed by atoms with Gasteiger partial charge >= 0.3 is 0 Å². The van der Waals surface area contributed by atoms with Gasteiger partial charge in [-0.05, 0) is 25.5 Å². The van der Waals surface area contributed by atoms with E-state index in [1.54, 1.807) is 17.1 Å². The SMILES string of the molecule is CCC1CN(CCNC(=O)c2cnc(C)c(Nc3nn(C)c4c3cnn3cc(-c5cnn(C)c5)cc43)c2)CCO1. The van der Waals surface area contributed by atoms with E-state index in [1.165, 1.54) is 0 Å². The summed E-state index contributed by atoms with van der Waals surface area (Å²) in [6.07, 6.45) is 10.5. The van der Waals surface area contributed by atoms with Crippen molar-refractivity contribution in [2.45, 2.75) is 26.4 Å². The third-order valence-electron chi connectivity index (χ3n) is 7.47. The van der Waals surface area contributed by atoms with Crippen LogP contribution in [0.4, 0.5) is 11.5 Å². The van der Waals surface area contributed by atoms with E-state index in [4.69, 9.17) is 9.84 Å². The lowest BCUT2D eigenvalue weighted by Gasteiger charge is -2.32. The summed E-state index contributed by atoms with van der Waals surface area (Å²) in [5.41, 5.74) is 5.92. The Morgan fingerprint density at radius 3 is 2.80 bits per heavy atom. The molecule has 1 saturated heterocycles. The van der Waals surface area contributed by atoms with E-state index < -0.39 is 0 Å². The number of hydrogen-bond donors (Lipinski definition) is 2. The van der Waals surface area contributed by atoms with Gasteiger partial charge in [-0.15, -0.1) is 0 Å². The summed E-state index contributed by atoms with van der Waals surface area (Å²) >= 11 is 0. The molecule has 5 aromatic rings. The summed E-state index contributed by atoms with van der Waals surface area (Å²) in [7, 11) is 3.81. The van der Waals surface area contributed by atoms with Gasteiger partial charge in [0.15, 0.2) is 5.82 Å². The maximum Gasteiger partial charge on any atom is 0.252 e. The first-order valence-electron chi connectivity index (χ1n) is 13.6. The number of pyridine rings is 1. The van der Waals surface area contributed by atoms with Crippen molar-refractivity contribution in [3.63, 3.8) is 0 Å². The third-order valence-corrected chi connectivity index (χ3v) is 7.47. The van der Waals surface area contributed by atoms with E-state index in [1.807, 2.05) is 54.9 Å². The molecule has 6 rings (SSSR count). The summed E-state index contributed by atoms with van der Waals surface area (Å²) in [5, 5.41) is 21.0. The number of anilines is 2. The number of morpholine rings is 1. The predicted molar refractivity (Wildman–Crippen MR) is 153 cm³/mol. The number of hydrogen-bond acceptors (Lipinski definition) is 8. The standard InChI is InChI=1S/C28H34N10O2/c1-5-22-17-37(8-9-40-22)7-6-29-28(39)19-10-24(18(2)30-12-19)33-27-23-14-32-38-16-20(21-13-31-35(3)15-21)11-25(38)26(23)36(4)34-27/h10-16,22H,5-9,17H2,1-4H3,(H,29,39)(H,33,34). The average Bonchev–Trinajstić information content (AvgIpc) is 3.66. The zero-order chi connectivity index (χ0) is 27.8. The largest absolute Gasteiger partial charge is 0.376 e. The fourth-order valence-electron chi connectivity index (χ4n) is 5.20. The number of rotatable bonds is 8. The summed E-state index contributed by atoms with van der Waals surface area (Å²) in [5.74, 6) is 0.498. The minimum absolute atomic E-state index is 0.152. The quantitative estimate of drug-likeness (QED) is 0.307. The van der Waals surface area contributed by atoms with Crippen LogP contribution in [0.5, 0.6) is 0 Å². The first-order valence-corrected chi connectivity index (χ1v) is 13.6. The zero-order valence-electron chi connectivity index (χ0n) is 23.3. The second-order valence-corrected chi connectivity index (χ2v) is 10.3. The Balaban J connectivity index is 1.20. The number of carbonyl (C=O) groups excluding carboxylic acids is 1. The first kappa shape index (κ1) is 26.0. The van der Waals surface area contributed by atoms with Crippen molar-refractivity contribution in [1.82, 2.24) is 44.4 Å². The van der Waals surface area contributed by atoms with E-state index in [2.05, 4.69) is 43.7 Å². The summed E-state index contributed by atoms with van der Waals surface area (Å²) in [4.78, 5) is 19.8. The smallest absolute Gasteiger partial charge is 0.252 e. The molecule has 0 saturated carbocycles. The lowest BCUT2D eigenvalue weighted by Crippen LogP contribution is -2.45. The van der Waals surface area contributed by atoms with Crippen molar-refractivity contribution in [1.29, 1.82) is 0 Å². The maximum absolute atomic E-state index is 12.9. The molecule has 1 amide bonds. The van der Waals surface area contributed by atoms with Crippen LogP contribution in [-0.4, -0.2) is 83.9 Å². The number of ether oxygens (including phenoxy) is 1. The minimum atomic E-state index is -0.152. The van der Waals surface area contributed by atoms with Crippen LogP contribution in [-0.2, 0) is 18.8 Å². The van der Waals surface area contributed by atoms with E-state index in [0.717, 1.165) is 71.6 Å². The molecule has 0 spiro atoms. The number of nitrogens with one attached hydrogen (secondary N) is 2. The van der Waals surface area contributed by atoms with Crippen LogP contribution in [0, 0.1) is 6.92 Å². The number of nitrogens with zero attached hydrogens (tertiary/aromatic N) is 8. The second kappa shape index (κ2) is 10.7. The van der Waals surface area contributed by atoms with Gasteiger partial charge in [-0.2, -0.15) is 15.3 Å². The molecule has 1 unspecified atom stereocenters. The summed E-state index contributed by atoms with van der Waals surface area (Å²) < 4.78 is 11.2. The Morgan fingerprint density at radius 2 is 2.00 bits per heavy atom. The van der Waals surface area contributed by atoms with Gasteiger partial charge in [0.1, 0.15) is 0 Å². The fourth-order valence-corrected chi connectivity index (χ4v) is 5.20. The highest BCUT2D eigenvalue weighted by Crippen LogP contribution is 2.31. The van der Waals surface area contributed by atoms with E-state index in [-0.39, 0.29) is 12.0 Å². The molecule has 5 aromatic heterocycles. The molecule has 208 valence electrons. The average molecular weight is 543 g/mol. The normalized spacial score (nSPS) is 16.1. The van der Waals surface area contributed by atoms with Gasteiger partial charge in [0, 0.05) is 70.0 Å². The van der Waals surface area contributed by atoms with Crippen LogP contribution in [0.3, 0.4) is 0 Å². The fraction of sp³-hybridized carbons (Fsp3) is 0.393. The highest BCUT2D eigenvalue weighted by atomic mass is 16.5. The first-order chi connectivity index (χ1) is 19.4. The molecule has 0 bridgehead atoms. The molecule has 0 aliphatic carbocycles. The Hall–Kier alpha value is -4.29. The van der Waals surface area contributed by atoms with Crippen molar-refractivity contribution in [3.05, 3.63) is 54.4 Å². The molecule has 12 nitrogen and oxygen atoms in total. The highest BCUT2D eigenvalue weighted by molar-refractivity contribution is 6.01. The van der Waals surface area contributed by atoms with Gasteiger partial charge in [0.2, 0.25) is 0 Å². The highest BCUT2D eigenvalue weighted by Gasteiger charge is 2.20. The number of aryl methyl sites for hydroxylation is 3. The summed E-state index contributed by atoms with van der Waals surface area (Å²) in [6.45, 7) is 7.93. The molecular weight excluding hydrogens is 508 g/mol. The Morgan fingerprint density at radius 1 is 1.12 bits per heavy atom. The number of fused-ring (bicyclic) bond motifs is 3. The maximum atomic E-state index is 12.9. The van der Waals surface area contributed by atoms with Crippen molar-refractivity contribution in [2.75, 3.05) is 38.1 Å². The van der Waals surface area contributed by atoms with Gasteiger partial charge < -0.3 is 15.4 Å². The van der Waals surface area contributed by atoms with Gasteiger partial charge in [0.25, 0.3) is 5.91 Å². The Labute approximate surface area is 231 Å². The lowest BCUT2D eigenvalue weighted by atomic mass is 10.2. The number of aromatic nitrogens is 7. The monoisotopic (exact) mass is 542 g/mol. The topological polar surface area (TPSA) is 119 Å². The van der Waals surface area contributed by atoms with E-state index in [9.17, 15) is 4.79 Å². The Bertz CT molecular complexity index is 1680. The molecule has 1 aliphatic heterocycles. The van der Waals surface area contributed by atoms with E-state index in [0.29, 0.717) is 17.9 Å². The molecule has 1 atom stereocenters. The third kappa shape index (κ3) is 5.03. The van der Waals surface area contributed by atoms with Crippen LogP contribution >= 0.6 is 0 Å². The van der Waals surface area contributed by atoms with Gasteiger partial charge in [-0.25, -0.2) is 4.52 Å². The molecular formula is C28H34N10O2. The van der Waals surface area contributed by atoms with Crippen molar-refractivity contribution in [3.8, 4) is 11.1 Å². The van der Waals surface area contributed by atoms with Crippen LogP contribution in [0.25, 0.3) is 27.5 Å². The molecule has 2 N–H and O–H groups in total. The molecule has 0 aromatic carbocycles. The Kier molecular flexibility index (Phi) is 6.95. The molecule has 6 heterocycles. The predicted octanol–water partition coefficient (Wildman–Crippen LogP) is 2.91. The van der Waals surface area contributed by atoms with Crippen molar-refractivity contribution >= 4 is 33.8 Å². The lowest BCUT2D eigenvalue weighted by molar-refractivity contribution is -0.0289. The van der Waals surface area contributed by atoms with Crippen LogP contribution in [0.1, 0.15) is 29.4 Å². The molecule has 1 fully saturated rings. The zero-order valence-corrected chi connectivity index (χ0v) is 23.3. The molecule has 0 radical (unpaired) electrons. The van der Waals surface area contributed by atoms with Crippen LogP contribution < -0.4 is 10.6 Å². The van der Waals surface area contributed by atoms with Crippen LogP contribution in [0.15, 0.2) is 43.1 Å². The summed E-state index contributed by atoms with van der Waals surface area (Å²) in [6, 6.07) is 3.92. The van der Waals surface area contributed by atoms with Gasteiger partial charge in [0.05, 0.1) is 58.5 Å². The van der Waals surface area contributed by atoms with Crippen molar-refractivity contribution in [2.24, 2.45) is 14.1 Å². The second-order valence-electron chi connectivity index (χ2n) is 10.3. The minimum Gasteiger partial charge on any atom is -0.376 e. The van der Waals surface area contributed by atoms with Gasteiger partial charge in [-0.1, -0.05) is 6.92 Å². The van der Waals surface area contributed by atoms with Gasteiger partial charge in [-0.3, -0.25) is 24.0 Å². The van der Waals surface area contributed by atoms with Crippen molar-refractivity contribution < 1.29 is 9.53 Å². The van der Waals surface area contributed by atoms with E-state index >= 15 is 0 Å².